The predicted octanol–water partition coefficient (Wildman–Crippen LogP) is 2.06. The normalized spacial score (nSPS) is 14.6. The van der Waals surface area contributed by atoms with E-state index in [-0.39, 0.29) is 5.54 Å². The fourth-order valence-electron chi connectivity index (χ4n) is 1.33. The SMILES string of the molecule is CCC(C)(NC=O)c1ccccc1. The van der Waals surface area contributed by atoms with Crippen LogP contribution in [0.15, 0.2) is 30.3 Å². The van der Waals surface area contributed by atoms with Crippen molar-refractivity contribution < 1.29 is 4.79 Å². The summed E-state index contributed by atoms with van der Waals surface area (Å²) in [6.45, 7) is 4.08. The second kappa shape index (κ2) is 4.08. The van der Waals surface area contributed by atoms with Gasteiger partial charge >= 0.3 is 0 Å². The van der Waals surface area contributed by atoms with Crippen molar-refractivity contribution in [3.05, 3.63) is 35.9 Å². The van der Waals surface area contributed by atoms with E-state index in [0.717, 1.165) is 18.4 Å². The zero-order chi connectivity index (χ0) is 9.73. The van der Waals surface area contributed by atoms with E-state index < -0.39 is 0 Å². The highest BCUT2D eigenvalue weighted by molar-refractivity contribution is 5.49. The quantitative estimate of drug-likeness (QED) is 0.701. The Morgan fingerprint density at radius 3 is 2.46 bits per heavy atom. The van der Waals surface area contributed by atoms with Crippen LogP contribution in [-0.2, 0) is 10.3 Å². The monoisotopic (exact) mass is 177 g/mol. The summed E-state index contributed by atoms with van der Waals surface area (Å²) in [5.41, 5.74) is 0.910. The number of amides is 1. The Kier molecular flexibility index (Phi) is 3.07. The lowest BCUT2D eigenvalue weighted by Crippen LogP contribution is -2.37. The zero-order valence-electron chi connectivity index (χ0n) is 8.08. The van der Waals surface area contributed by atoms with Gasteiger partial charge in [0.15, 0.2) is 0 Å². The van der Waals surface area contributed by atoms with Gasteiger partial charge in [-0.25, -0.2) is 0 Å². The molecule has 0 heterocycles. The molecule has 0 aromatic heterocycles. The van der Waals surface area contributed by atoms with Gasteiger partial charge in [0.2, 0.25) is 6.41 Å². The Morgan fingerprint density at radius 2 is 2.00 bits per heavy atom. The molecule has 70 valence electrons. The maximum Gasteiger partial charge on any atom is 0.207 e. The molecule has 0 saturated heterocycles. The van der Waals surface area contributed by atoms with Crippen molar-refractivity contribution in [1.29, 1.82) is 0 Å². The third-order valence-electron chi connectivity index (χ3n) is 2.50. The third-order valence-corrected chi connectivity index (χ3v) is 2.50. The van der Waals surface area contributed by atoms with E-state index in [2.05, 4.69) is 12.2 Å². The molecule has 0 aliphatic heterocycles. The maximum atomic E-state index is 10.4. The standard InChI is InChI=1S/C11H15NO/c1-3-11(2,12-9-13)10-7-5-4-6-8-10/h4-9H,3H2,1-2H3,(H,12,13). The molecule has 2 nitrogen and oxygen atoms in total. The third kappa shape index (κ3) is 2.08. The molecule has 1 unspecified atom stereocenters. The molecule has 0 radical (unpaired) electrons. The summed E-state index contributed by atoms with van der Waals surface area (Å²) in [4.78, 5) is 10.4. The molecule has 0 saturated carbocycles. The van der Waals surface area contributed by atoms with Crippen LogP contribution in [0.5, 0.6) is 0 Å². The highest BCUT2D eigenvalue weighted by Crippen LogP contribution is 2.22. The van der Waals surface area contributed by atoms with Crippen LogP contribution in [0.1, 0.15) is 25.8 Å². The van der Waals surface area contributed by atoms with Crippen molar-refractivity contribution in [3.8, 4) is 0 Å². The summed E-state index contributed by atoms with van der Waals surface area (Å²) in [5.74, 6) is 0. The molecule has 1 atom stereocenters. The number of carbonyl (C=O) groups is 1. The first-order chi connectivity index (χ1) is 6.23. The van der Waals surface area contributed by atoms with Crippen LogP contribution in [0.2, 0.25) is 0 Å². The molecule has 2 heteroatoms. The first kappa shape index (κ1) is 9.78. The molecule has 0 bridgehead atoms. The number of benzene rings is 1. The molecule has 0 spiro atoms. The van der Waals surface area contributed by atoms with Gasteiger partial charge in [-0.2, -0.15) is 0 Å². The molecule has 1 N–H and O–H groups in total. The molecular formula is C11H15NO. The van der Waals surface area contributed by atoms with Gasteiger partial charge in [0, 0.05) is 0 Å². The molecule has 1 rings (SSSR count). The fourth-order valence-corrected chi connectivity index (χ4v) is 1.33. The van der Waals surface area contributed by atoms with Crippen molar-refractivity contribution in [1.82, 2.24) is 5.32 Å². The molecule has 0 aliphatic rings. The van der Waals surface area contributed by atoms with Crippen LogP contribution in [0, 0.1) is 0 Å². The van der Waals surface area contributed by atoms with Crippen LogP contribution in [-0.4, -0.2) is 6.41 Å². The van der Waals surface area contributed by atoms with E-state index in [1.165, 1.54) is 0 Å². The van der Waals surface area contributed by atoms with Gasteiger partial charge in [-0.3, -0.25) is 4.79 Å². The number of carbonyl (C=O) groups excluding carboxylic acids is 1. The fraction of sp³-hybridized carbons (Fsp3) is 0.364. The summed E-state index contributed by atoms with van der Waals surface area (Å²) in [5, 5.41) is 2.84. The average molecular weight is 177 g/mol. The molecule has 1 amide bonds. The molecule has 0 fully saturated rings. The first-order valence-electron chi connectivity index (χ1n) is 4.50. The number of hydrogen-bond donors (Lipinski definition) is 1. The minimum Gasteiger partial charge on any atom is -0.349 e. The van der Waals surface area contributed by atoms with Gasteiger partial charge in [0.05, 0.1) is 5.54 Å². The molecule has 0 aliphatic carbocycles. The van der Waals surface area contributed by atoms with Gasteiger partial charge in [-0.15, -0.1) is 0 Å². The van der Waals surface area contributed by atoms with Crippen molar-refractivity contribution in [3.63, 3.8) is 0 Å². The highest BCUT2D eigenvalue weighted by atomic mass is 16.1. The van der Waals surface area contributed by atoms with Crippen molar-refractivity contribution in [2.45, 2.75) is 25.8 Å². The van der Waals surface area contributed by atoms with Gasteiger partial charge in [0.25, 0.3) is 0 Å². The minimum atomic E-state index is -0.233. The van der Waals surface area contributed by atoms with Crippen LogP contribution >= 0.6 is 0 Å². The topological polar surface area (TPSA) is 29.1 Å². The van der Waals surface area contributed by atoms with Crippen LogP contribution in [0.3, 0.4) is 0 Å². The Balaban J connectivity index is 2.95. The number of nitrogens with one attached hydrogen (secondary N) is 1. The Labute approximate surface area is 79.0 Å². The number of hydrogen-bond acceptors (Lipinski definition) is 1. The van der Waals surface area contributed by atoms with Crippen LogP contribution in [0.25, 0.3) is 0 Å². The largest absolute Gasteiger partial charge is 0.349 e. The first-order valence-corrected chi connectivity index (χ1v) is 4.50. The Morgan fingerprint density at radius 1 is 1.38 bits per heavy atom. The number of rotatable bonds is 4. The van der Waals surface area contributed by atoms with Crippen molar-refractivity contribution >= 4 is 6.41 Å². The minimum absolute atomic E-state index is 0.233. The lowest BCUT2D eigenvalue weighted by molar-refractivity contribution is -0.111. The zero-order valence-corrected chi connectivity index (χ0v) is 8.08. The summed E-state index contributed by atoms with van der Waals surface area (Å²) < 4.78 is 0. The summed E-state index contributed by atoms with van der Waals surface area (Å²) >= 11 is 0. The van der Waals surface area contributed by atoms with Gasteiger partial charge < -0.3 is 5.32 Å². The lowest BCUT2D eigenvalue weighted by Gasteiger charge is -2.28. The summed E-state index contributed by atoms with van der Waals surface area (Å²) in [7, 11) is 0. The van der Waals surface area contributed by atoms with Gasteiger partial charge in [0.1, 0.15) is 0 Å². The average Bonchev–Trinajstić information content (AvgIpc) is 2.19. The molecular weight excluding hydrogens is 162 g/mol. The lowest BCUT2D eigenvalue weighted by atomic mass is 9.90. The van der Waals surface area contributed by atoms with Crippen LogP contribution < -0.4 is 5.32 Å². The second-order valence-corrected chi connectivity index (χ2v) is 3.31. The Bertz CT molecular complexity index is 271. The van der Waals surface area contributed by atoms with E-state index in [4.69, 9.17) is 0 Å². The smallest absolute Gasteiger partial charge is 0.207 e. The van der Waals surface area contributed by atoms with E-state index in [0.29, 0.717) is 0 Å². The molecule has 1 aromatic carbocycles. The highest BCUT2D eigenvalue weighted by Gasteiger charge is 2.22. The molecule has 1 aromatic rings. The summed E-state index contributed by atoms with van der Waals surface area (Å²) in [6.07, 6.45) is 1.65. The van der Waals surface area contributed by atoms with Gasteiger partial charge in [-0.1, -0.05) is 37.3 Å². The van der Waals surface area contributed by atoms with E-state index >= 15 is 0 Å². The van der Waals surface area contributed by atoms with E-state index in [1.54, 1.807) is 0 Å². The van der Waals surface area contributed by atoms with E-state index in [1.807, 2.05) is 37.3 Å². The van der Waals surface area contributed by atoms with Crippen molar-refractivity contribution in [2.75, 3.05) is 0 Å². The maximum absolute atomic E-state index is 10.4. The van der Waals surface area contributed by atoms with E-state index in [9.17, 15) is 4.79 Å². The second-order valence-electron chi connectivity index (χ2n) is 3.31. The van der Waals surface area contributed by atoms with Crippen molar-refractivity contribution in [2.24, 2.45) is 0 Å². The summed E-state index contributed by atoms with van der Waals surface area (Å²) in [6, 6.07) is 9.99. The van der Waals surface area contributed by atoms with Gasteiger partial charge in [-0.05, 0) is 18.9 Å². The molecule has 13 heavy (non-hydrogen) atoms. The Hall–Kier alpha value is -1.31. The predicted molar refractivity (Wildman–Crippen MR) is 53.3 cm³/mol. The van der Waals surface area contributed by atoms with Crippen LogP contribution in [0.4, 0.5) is 0 Å².